The van der Waals surface area contributed by atoms with E-state index < -0.39 is 17.4 Å². The number of nitrogens with zero attached hydrogens (tertiary/aromatic N) is 1. The van der Waals surface area contributed by atoms with Crippen LogP contribution in [0, 0.1) is 5.82 Å². The van der Waals surface area contributed by atoms with Gasteiger partial charge in [-0.15, -0.1) is 0 Å². The van der Waals surface area contributed by atoms with E-state index in [1.54, 1.807) is 0 Å². The fraction of sp³-hybridized carbons (Fsp3) is 0.154. The smallest absolute Gasteiger partial charge is 0.384 e. The summed E-state index contributed by atoms with van der Waals surface area (Å²) in [6.07, 6.45) is 1.05. The second kappa shape index (κ2) is 5.80. The first-order valence-corrected chi connectivity index (χ1v) is 6.31. The van der Waals surface area contributed by atoms with Crippen LogP contribution in [0.3, 0.4) is 0 Å². The Morgan fingerprint density at radius 3 is 2.30 bits per heavy atom. The minimum absolute atomic E-state index is 0.00338. The van der Waals surface area contributed by atoms with Gasteiger partial charge in [0.15, 0.2) is 0 Å². The van der Waals surface area contributed by atoms with Crippen LogP contribution in [0.2, 0.25) is 0 Å². The van der Waals surface area contributed by atoms with Crippen molar-refractivity contribution in [2.24, 2.45) is 0 Å². The first-order chi connectivity index (χ1) is 9.37. The molecule has 0 aliphatic heterocycles. The lowest BCUT2D eigenvalue weighted by atomic mass is 10.0. The number of aromatic nitrogens is 1. The number of alkyl halides is 3. The van der Waals surface area contributed by atoms with Crippen molar-refractivity contribution in [2.75, 3.05) is 0 Å². The van der Waals surface area contributed by atoms with Crippen molar-refractivity contribution < 1.29 is 22.7 Å². The molecule has 0 fully saturated rings. The van der Waals surface area contributed by atoms with Crippen LogP contribution < -0.4 is 0 Å². The molecule has 0 spiro atoms. The summed E-state index contributed by atoms with van der Waals surface area (Å²) in [5, 5.41) is 10.00. The molecular formula is C13H9F4NOS. The van der Waals surface area contributed by atoms with E-state index in [1.165, 1.54) is 36.5 Å². The molecule has 20 heavy (non-hydrogen) atoms. The van der Waals surface area contributed by atoms with Gasteiger partial charge >= 0.3 is 5.51 Å². The van der Waals surface area contributed by atoms with Crippen LogP contribution in [-0.4, -0.2) is 15.6 Å². The van der Waals surface area contributed by atoms with Gasteiger partial charge < -0.3 is 5.11 Å². The summed E-state index contributed by atoms with van der Waals surface area (Å²) in [6.45, 7) is 0. The second-order valence-electron chi connectivity index (χ2n) is 3.92. The third kappa shape index (κ3) is 3.71. The number of thioether (sulfide) groups is 1. The van der Waals surface area contributed by atoms with Crippen LogP contribution in [0.15, 0.2) is 47.6 Å². The Labute approximate surface area is 116 Å². The molecule has 1 heterocycles. The molecule has 2 nitrogen and oxygen atoms in total. The predicted molar refractivity (Wildman–Crippen MR) is 66.6 cm³/mol. The Morgan fingerprint density at radius 2 is 1.75 bits per heavy atom. The zero-order chi connectivity index (χ0) is 14.8. The van der Waals surface area contributed by atoms with Gasteiger partial charge in [0.1, 0.15) is 11.9 Å². The van der Waals surface area contributed by atoms with Crippen LogP contribution in [0.5, 0.6) is 0 Å². The quantitative estimate of drug-likeness (QED) is 0.689. The van der Waals surface area contributed by atoms with E-state index in [9.17, 15) is 22.7 Å². The topological polar surface area (TPSA) is 33.1 Å². The largest absolute Gasteiger partial charge is 0.446 e. The Hall–Kier alpha value is -1.60. The highest BCUT2D eigenvalue weighted by atomic mass is 32.2. The second-order valence-corrected chi connectivity index (χ2v) is 5.06. The lowest BCUT2D eigenvalue weighted by Crippen LogP contribution is -2.03. The number of aliphatic hydroxyl groups excluding tert-OH is 1. The maximum atomic E-state index is 13.5. The maximum Gasteiger partial charge on any atom is 0.446 e. The van der Waals surface area contributed by atoms with Crippen molar-refractivity contribution in [3.63, 3.8) is 0 Å². The predicted octanol–water partition coefficient (Wildman–Crippen LogP) is 3.91. The molecule has 0 saturated carbocycles. The minimum atomic E-state index is -4.36. The third-order valence-electron chi connectivity index (χ3n) is 2.53. The van der Waals surface area contributed by atoms with Crippen LogP contribution in [0.4, 0.5) is 17.6 Å². The zero-order valence-corrected chi connectivity index (χ0v) is 10.7. The first kappa shape index (κ1) is 14.8. The van der Waals surface area contributed by atoms with Crippen molar-refractivity contribution in [1.82, 2.24) is 4.98 Å². The normalized spacial score (nSPS) is 13.2. The first-order valence-electron chi connectivity index (χ1n) is 5.50. The summed E-state index contributed by atoms with van der Waals surface area (Å²) >= 11 is -0.246. The van der Waals surface area contributed by atoms with E-state index in [0.29, 0.717) is 5.56 Å². The average Bonchev–Trinajstić information content (AvgIpc) is 2.37. The molecule has 2 aromatic rings. The van der Waals surface area contributed by atoms with Crippen LogP contribution >= 0.6 is 11.8 Å². The van der Waals surface area contributed by atoms with E-state index in [-0.39, 0.29) is 22.2 Å². The van der Waals surface area contributed by atoms with Crippen molar-refractivity contribution in [1.29, 1.82) is 0 Å². The fourth-order valence-corrected chi connectivity index (χ4v) is 2.18. The molecule has 1 aromatic carbocycles. The molecule has 106 valence electrons. The summed E-state index contributed by atoms with van der Waals surface area (Å²) < 4.78 is 50.0. The monoisotopic (exact) mass is 303 g/mol. The molecule has 0 bridgehead atoms. The summed E-state index contributed by atoms with van der Waals surface area (Å²) in [4.78, 5) is 3.56. The fourth-order valence-electron chi connectivity index (χ4n) is 1.64. The molecular weight excluding hydrogens is 294 g/mol. The highest BCUT2D eigenvalue weighted by Crippen LogP contribution is 2.37. The highest BCUT2D eigenvalue weighted by Gasteiger charge is 2.29. The molecule has 1 unspecified atom stereocenters. The molecule has 7 heteroatoms. The molecule has 0 amide bonds. The van der Waals surface area contributed by atoms with Crippen molar-refractivity contribution in [3.8, 4) is 0 Å². The van der Waals surface area contributed by atoms with Crippen LogP contribution in [0.1, 0.15) is 17.2 Å². The van der Waals surface area contributed by atoms with Crippen LogP contribution in [0.25, 0.3) is 0 Å². The minimum Gasteiger partial charge on any atom is -0.384 e. The summed E-state index contributed by atoms with van der Waals surface area (Å²) in [5.41, 5.74) is -4.03. The Bertz CT molecular complexity index is 586. The van der Waals surface area contributed by atoms with Gasteiger partial charge in [0.25, 0.3) is 0 Å². The van der Waals surface area contributed by atoms with E-state index in [1.807, 2.05) is 0 Å². The van der Waals surface area contributed by atoms with Gasteiger partial charge in [-0.05, 0) is 35.5 Å². The molecule has 1 atom stereocenters. The van der Waals surface area contributed by atoms with E-state index in [2.05, 4.69) is 4.98 Å². The summed E-state index contributed by atoms with van der Waals surface area (Å²) in [6, 6.07) is 6.45. The Kier molecular flexibility index (Phi) is 4.29. The summed E-state index contributed by atoms with van der Waals surface area (Å²) in [5.74, 6) is -0.672. The summed E-state index contributed by atoms with van der Waals surface area (Å²) in [7, 11) is 0. The third-order valence-corrected chi connectivity index (χ3v) is 3.27. The van der Waals surface area contributed by atoms with Crippen molar-refractivity contribution >= 4 is 11.8 Å². The van der Waals surface area contributed by atoms with E-state index in [4.69, 9.17) is 0 Å². The number of hydrogen-bond donors (Lipinski definition) is 1. The Morgan fingerprint density at radius 1 is 1.10 bits per heavy atom. The van der Waals surface area contributed by atoms with Crippen LogP contribution in [-0.2, 0) is 0 Å². The molecule has 0 radical (unpaired) electrons. The van der Waals surface area contributed by atoms with Gasteiger partial charge in [0, 0.05) is 16.7 Å². The van der Waals surface area contributed by atoms with Gasteiger partial charge in [0.2, 0.25) is 0 Å². The molecule has 0 aliphatic rings. The molecule has 1 aromatic heterocycles. The number of aliphatic hydroxyl groups is 1. The van der Waals surface area contributed by atoms with E-state index >= 15 is 0 Å². The lowest BCUT2D eigenvalue weighted by molar-refractivity contribution is -0.0328. The van der Waals surface area contributed by atoms with Crippen molar-refractivity contribution in [3.05, 3.63) is 59.7 Å². The number of benzene rings is 1. The zero-order valence-electron chi connectivity index (χ0n) is 9.93. The maximum absolute atomic E-state index is 13.5. The number of hydrogen-bond acceptors (Lipinski definition) is 3. The van der Waals surface area contributed by atoms with Crippen molar-refractivity contribution in [2.45, 2.75) is 16.5 Å². The van der Waals surface area contributed by atoms with Gasteiger partial charge in [-0.1, -0.05) is 12.1 Å². The highest BCUT2D eigenvalue weighted by molar-refractivity contribution is 8.00. The van der Waals surface area contributed by atoms with Gasteiger partial charge in [0.05, 0.1) is 6.20 Å². The standard InChI is InChI=1S/C13H9F4NOS/c14-11-7-18-6-5-10(11)12(19)8-1-3-9(4-2-8)20-13(15,16)17/h1-7,12,19H. The lowest BCUT2D eigenvalue weighted by Gasteiger charge is -2.13. The average molecular weight is 303 g/mol. The van der Waals surface area contributed by atoms with E-state index in [0.717, 1.165) is 6.20 Å². The molecule has 2 rings (SSSR count). The molecule has 1 N–H and O–H groups in total. The van der Waals surface area contributed by atoms with Gasteiger partial charge in [-0.2, -0.15) is 13.2 Å². The molecule has 0 aliphatic carbocycles. The molecule has 0 saturated heterocycles. The number of pyridine rings is 1. The number of rotatable bonds is 3. The Balaban J connectivity index is 2.20. The number of halogens is 4. The SMILES string of the molecule is OC(c1ccc(SC(F)(F)F)cc1)c1ccncc1F. The van der Waals surface area contributed by atoms with Gasteiger partial charge in [-0.3, -0.25) is 4.98 Å². The van der Waals surface area contributed by atoms with Gasteiger partial charge in [-0.25, -0.2) is 4.39 Å².